The van der Waals surface area contributed by atoms with Crippen LogP contribution in [0.25, 0.3) is 0 Å². The molecule has 8 nitrogen and oxygen atoms in total. The summed E-state index contributed by atoms with van der Waals surface area (Å²) in [6, 6.07) is -1.53. The number of carboxylic acids is 1. The number of carboxylic acid groups (broad SMARTS) is 1. The van der Waals surface area contributed by atoms with Crippen molar-refractivity contribution in [1.82, 2.24) is 5.32 Å². The van der Waals surface area contributed by atoms with Gasteiger partial charge in [-0.3, -0.25) is 9.35 Å². The van der Waals surface area contributed by atoms with E-state index in [-0.39, 0.29) is 0 Å². The average molecular weight is 269 g/mol. The molecule has 0 rings (SSSR count). The minimum atomic E-state index is -4.73. The minimum Gasteiger partial charge on any atom is -0.480 e. The monoisotopic (exact) mass is 269 g/mol. The zero-order valence-electron chi connectivity index (χ0n) is 9.41. The molecule has 0 aromatic rings. The highest BCUT2D eigenvalue weighted by Crippen LogP contribution is 2.01. The van der Waals surface area contributed by atoms with E-state index in [0.29, 0.717) is 6.42 Å². The largest absolute Gasteiger partial charge is 0.480 e. The molecule has 0 aromatic heterocycles. The van der Waals surface area contributed by atoms with E-state index in [1.165, 1.54) is 0 Å². The van der Waals surface area contributed by atoms with Crippen LogP contribution >= 0.6 is 0 Å². The maximum atomic E-state index is 11.4. The van der Waals surface area contributed by atoms with Crippen molar-refractivity contribution < 1.29 is 31.8 Å². The molecule has 0 saturated heterocycles. The van der Waals surface area contributed by atoms with Gasteiger partial charge in [0.15, 0.2) is 6.04 Å². The summed E-state index contributed by atoms with van der Waals surface area (Å²) in [6.07, 6.45) is 0.511. The summed E-state index contributed by atoms with van der Waals surface area (Å²) in [5.74, 6) is -2.38. The van der Waals surface area contributed by atoms with E-state index < -0.39 is 40.8 Å². The third kappa shape index (κ3) is 6.87. The zero-order chi connectivity index (χ0) is 13.6. The summed E-state index contributed by atoms with van der Waals surface area (Å²) in [6.45, 7) is 2.48. The van der Waals surface area contributed by atoms with Gasteiger partial charge in [-0.2, -0.15) is 8.42 Å². The fourth-order valence-electron chi connectivity index (χ4n) is 0.828. The van der Waals surface area contributed by atoms with Crippen molar-refractivity contribution in [3.63, 3.8) is 0 Å². The van der Waals surface area contributed by atoms with Gasteiger partial charge in [0.25, 0.3) is 0 Å². The number of carbonyl (C=O) groups is 2. The van der Waals surface area contributed by atoms with Crippen LogP contribution < -0.4 is 5.32 Å². The molecular weight excluding hydrogens is 254 g/mol. The fraction of sp³-hybridized carbons (Fsp3) is 0.750. The SMILES string of the molecule is CCC(C)C(=O)N[C@H](COS(=O)(=O)O)C(=O)O. The quantitative estimate of drug-likeness (QED) is 0.527. The van der Waals surface area contributed by atoms with E-state index in [4.69, 9.17) is 9.66 Å². The second kappa shape index (κ2) is 6.52. The van der Waals surface area contributed by atoms with Crippen LogP contribution in [0, 0.1) is 5.92 Å². The van der Waals surface area contributed by atoms with Crippen LogP contribution in [0.5, 0.6) is 0 Å². The molecular formula is C8H15NO7S. The molecule has 9 heteroatoms. The van der Waals surface area contributed by atoms with Gasteiger partial charge >= 0.3 is 16.4 Å². The molecule has 3 N–H and O–H groups in total. The molecule has 1 amide bonds. The van der Waals surface area contributed by atoms with Gasteiger partial charge in [0, 0.05) is 5.92 Å². The summed E-state index contributed by atoms with van der Waals surface area (Å²) in [4.78, 5) is 22.1. The Morgan fingerprint density at radius 1 is 1.41 bits per heavy atom. The summed E-state index contributed by atoms with van der Waals surface area (Å²) in [7, 11) is -4.73. The van der Waals surface area contributed by atoms with Crippen molar-refractivity contribution in [1.29, 1.82) is 0 Å². The van der Waals surface area contributed by atoms with Gasteiger partial charge in [-0.05, 0) is 6.42 Å². The zero-order valence-corrected chi connectivity index (χ0v) is 10.2. The summed E-state index contributed by atoms with van der Waals surface area (Å²) in [5.41, 5.74) is 0. The highest BCUT2D eigenvalue weighted by Gasteiger charge is 2.24. The molecule has 17 heavy (non-hydrogen) atoms. The van der Waals surface area contributed by atoms with Gasteiger partial charge in [-0.15, -0.1) is 0 Å². The highest BCUT2D eigenvalue weighted by atomic mass is 32.3. The van der Waals surface area contributed by atoms with Crippen LogP contribution in [-0.4, -0.2) is 42.6 Å². The number of nitrogens with one attached hydrogen (secondary N) is 1. The first-order valence-electron chi connectivity index (χ1n) is 4.82. The number of aliphatic carboxylic acids is 1. The Balaban J connectivity index is 4.46. The van der Waals surface area contributed by atoms with Gasteiger partial charge in [0.2, 0.25) is 5.91 Å². The van der Waals surface area contributed by atoms with E-state index in [0.717, 1.165) is 0 Å². The first-order valence-corrected chi connectivity index (χ1v) is 6.19. The van der Waals surface area contributed by atoms with E-state index in [1.54, 1.807) is 13.8 Å². The van der Waals surface area contributed by atoms with Crippen molar-refractivity contribution in [2.45, 2.75) is 26.3 Å². The molecule has 0 aliphatic carbocycles. The summed E-state index contributed by atoms with van der Waals surface area (Å²) in [5, 5.41) is 10.8. The van der Waals surface area contributed by atoms with Crippen molar-refractivity contribution >= 4 is 22.3 Å². The normalized spacial score (nSPS) is 15.0. The third-order valence-electron chi connectivity index (χ3n) is 2.06. The Kier molecular flexibility index (Phi) is 6.07. The van der Waals surface area contributed by atoms with Gasteiger partial charge < -0.3 is 10.4 Å². The van der Waals surface area contributed by atoms with Crippen LogP contribution in [0.4, 0.5) is 0 Å². The topological polar surface area (TPSA) is 130 Å². The van der Waals surface area contributed by atoms with Crippen LogP contribution in [0.3, 0.4) is 0 Å². The second-order valence-corrected chi connectivity index (χ2v) is 4.51. The molecule has 0 saturated carbocycles. The van der Waals surface area contributed by atoms with Crippen molar-refractivity contribution in [2.75, 3.05) is 6.61 Å². The molecule has 0 fully saturated rings. The van der Waals surface area contributed by atoms with Gasteiger partial charge in [-0.1, -0.05) is 13.8 Å². The number of hydrogen-bond donors (Lipinski definition) is 3. The Hall–Kier alpha value is -1.19. The standard InChI is InChI=1S/C8H15NO7S/c1-3-5(2)7(10)9-6(8(11)12)4-16-17(13,14)15/h5-6H,3-4H2,1-2H3,(H,9,10)(H,11,12)(H,13,14,15)/t5?,6-/m1/s1. The van der Waals surface area contributed by atoms with Crippen molar-refractivity contribution in [3.05, 3.63) is 0 Å². The first-order chi connectivity index (χ1) is 7.67. The summed E-state index contributed by atoms with van der Waals surface area (Å²) < 4.78 is 32.7. The third-order valence-corrected chi connectivity index (χ3v) is 2.49. The average Bonchev–Trinajstić information content (AvgIpc) is 2.20. The Labute approximate surface area is 98.9 Å². The fourth-order valence-corrected chi connectivity index (χ4v) is 1.14. The molecule has 2 atom stereocenters. The van der Waals surface area contributed by atoms with Crippen LogP contribution in [-0.2, 0) is 24.2 Å². The van der Waals surface area contributed by atoms with E-state index >= 15 is 0 Å². The number of rotatable bonds is 7. The van der Waals surface area contributed by atoms with E-state index in [2.05, 4.69) is 9.50 Å². The van der Waals surface area contributed by atoms with Crippen molar-refractivity contribution in [2.24, 2.45) is 5.92 Å². The van der Waals surface area contributed by atoms with E-state index in [1.807, 2.05) is 0 Å². The number of amides is 1. The molecule has 0 bridgehead atoms. The van der Waals surface area contributed by atoms with Gasteiger partial charge in [0.1, 0.15) is 0 Å². The van der Waals surface area contributed by atoms with Crippen LogP contribution in [0.1, 0.15) is 20.3 Å². The van der Waals surface area contributed by atoms with Gasteiger partial charge in [0.05, 0.1) is 6.61 Å². The molecule has 100 valence electrons. The van der Waals surface area contributed by atoms with E-state index in [9.17, 15) is 18.0 Å². The molecule has 0 aromatic carbocycles. The first kappa shape index (κ1) is 15.8. The van der Waals surface area contributed by atoms with Gasteiger partial charge in [-0.25, -0.2) is 8.98 Å². The molecule has 0 radical (unpaired) electrons. The Morgan fingerprint density at radius 3 is 2.29 bits per heavy atom. The van der Waals surface area contributed by atoms with Crippen molar-refractivity contribution in [3.8, 4) is 0 Å². The molecule has 0 aliphatic heterocycles. The lowest BCUT2D eigenvalue weighted by Crippen LogP contribution is -2.46. The Morgan fingerprint density at radius 2 is 1.94 bits per heavy atom. The predicted octanol–water partition coefficient (Wildman–Crippen LogP) is -0.579. The lowest BCUT2D eigenvalue weighted by molar-refractivity contribution is -0.143. The maximum Gasteiger partial charge on any atom is 0.397 e. The van der Waals surface area contributed by atoms with Crippen LogP contribution in [0.2, 0.25) is 0 Å². The highest BCUT2D eigenvalue weighted by molar-refractivity contribution is 7.80. The number of hydrogen-bond acceptors (Lipinski definition) is 5. The second-order valence-electron chi connectivity index (χ2n) is 3.42. The van der Waals surface area contributed by atoms with Crippen LogP contribution in [0.15, 0.2) is 0 Å². The molecule has 0 spiro atoms. The number of carbonyl (C=O) groups excluding carboxylic acids is 1. The Bertz CT molecular complexity index is 377. The molecule has 0 heterocycles. The predicted molar refractivity (Wildman–Crippen MR) is 56.5 cm³/mol. The molecule has 0 aliphatic rings. The maximum absolute atomic E-state index is 11.4. The smallest absolute Gasteiger partial charge is 0.397 e. The lowest BCUT2D eigenvalue weighted by atomic mass is 10.1. The lowest BCUT2D eigenvalue weighted by Gasteiger charge is -2.16. The summed E-state index contributed by atoms with van der Waals surface area (Å²) >= 11 is 0. The minimum absolute atomic E-state index is 0.400. The molecule has 1 unspecified atom stereocenters.